The van der Waals surface area contributed by atoms with Gasteiger partial charge in [-0.25, -0.2) is 9.18 Å². The summed E-state index contributed by atoms with van der Waals surface area (Å²) in [6, 6.07) is 6.12. The van der Waals surface area contributed by atoms with E-state index in [1.807, 2.05) is 6.92 Å². The number of aliphatic hydroxyl groups excluding tert-OH is 1. The molecule has 0 bridgehead atoms. The van der Waals surface area contributed by atoms with Gasteiger partial charge in [0.15, 0.2) is 0 Å². The molecule has 0 radical (unpaired) electrons. The summed E-state index contributed by atoms with van der Waals surface area (Å²) in [4.78, 5) is 42.4. The molecule has 8 nitrogen and oxygen atoms in total. The molecular formula is C26H33FN2O6S. The smallest absolute Gasteiger partial charge is 0.358 e. The van der Waals surface area contributed by atoms with Gasteiger partial charge in [0.1, 0.15) is 11.5 Å². The van der Waals surface area contributed by atoms with Crippen LogP contribution in [0.15, 0.2) is 34.9 Å². The van der Waals surface area contributed by atoms with Crippen molar-refractivity contribution in [1.82, 2.24) is 9.80 Å². The largest absolute Gasteiger partial charge is 0.427 e. The Kier molecular flexibility index (Phi) is 7.50. The molecule has 4 atom stereocenters. The van der Waals surface area contributed by atoms with Gasteiger partial charge in [-0.1, -0.05) is 19.1 Å². The molecule has 0 saturated carbocycles. The zero-order valence-corrected chi connectivity index (χ0v) is 22.0. The van der Waals surface area contributed by atoms with Crippen molar-refractivity contribution >= 4 is 29.6 Å². The lowest BCUT2D eigenvalue weighted by atomic mass is 9.79. The second-order valence-corrected chi connectivity index (χ2v) is 12.1. The van der Waals surface area contributed by atoms with E-state index >= 15 is 0 Å². The maximum absolute atomic E-state index is 13.2. The monoisotopic (exact) mass is 520 g/mol. The Morgan fingerprint density at radius 1 is 1.19 bits per heavy atom. The van der Waals surface area contributed by atoms with Gasteiger partial charge in [0.25, 0.3) is 0 Å². The molecule has 10 heteroatoms. The number of ether oxygens (including phenoxy) is 2. The summed E-state index contributed by atoms with van der Waals surface area (Å²) in [6.45, 7) is 10.4. The van der Waals surface area contributed by atoms with Crippen LogP contribution < -0.4 is 0 Å². The standard InChI is InChI=1S/C26H33FN2O6S/c1-14-20-19(15(2)30)23(31)29(20)21(24(32)34-13-35-25(33)26(3,4)5)22(14)36-18-11-28(12-18)10-16-6-8-17(27)9-7-16/h6-9,14-15,18-20,30H,10-13H2,1-5H3/t14-,15-,19-,20-/m1/s1. The highest BCUT2D eigenvalue weighted by atomic mass is 32.2. The highest BCUT2D eigenvalue weighted by molar-refractivity contribution is 8.03. The summed E-state index contributed by atoms with van der Waals surface area (Å²) in [7, 11) is 0. The van der Waals surface area contributed by atoms with E-state index in [4.69, 9.17) is 9.47 Å². The average Bonchev–Trinajstić information content (AvgIpc) is 3.00. The molecule has 36 heavy (non-hydrogen) atoms. The molecule has 1 aromatic carbocycles. The van der Waals surface area contributed by atoms with E-state index in [0.29, 0.717) is 6.54 Å². The van der Waals surface area contributed by atoms with Gasteiger partial charge in [0, 0.05) is 35.7 Å². The summed E-state index contributed by atoms with van der Waals surface area (Å²) in [6.07, 6.45) is -0.828. The number of thioether (sulfide) groups is 1. The number of fused-ring (bicyclic) bond motifs is 1. The van der Waals surface area contributed by atoms with Crippen molar-refractivity contribution in [1.29, 1.82) is 0 Å². The fourth-order valence-corrected chi connectivity index (χ4v) is 6.42. The van der Waals surface area contributed by atoms with Crippen LogP contribution >= 0.6 is 11.8 Å². The molecule has 2 fully saturated rings. The Balaban J connectivity index is 1.43. The Morgan fingerprint density at radius 2 is 1.83 bits per heavy atom. The number of hydrogen-bond acceptors (Lipinski definition) is 8. The Labute approximate surface area is 214 Å². The van der Waals surface area contributed by atoms with Crippen molar-refractivity contribution in [2.24, 2.45) is 17.3 Å². The number of aliphatic hydroxyl groups is 1. The van der Waals surface area contributed by atoms with Crippen LogP contribution in [0, 0.1) is 23.1 Å². The lowest BCUT2D eigenvalue weighted by Crippen LogP contribution is -2.63. The summed E-state index contributed by atoms with van der Waals surface area (Å²) in [5.41, 5.74) is 0.474. The quantitative estimate of drug-likeness (QED) is 0.318. The second-order valence-electron chi connectivity index (χ2n) is 10.8. The summed E-state index contributed by atoms with van der Waals surface area (Å²) in [5, 5.41) is 10.4. The molecule has 0 spiro atoms. The predicted octanol–water partition coefficient (Wildman–Crippen LogP) is 2.90. The lowest BCUT2D eigenvalue weighted by Gasteiger charge is -2.46. The molecular weight excluding hydrogens is 487 g/mol. The number of nitrogens with zero attached hydrogens (tertiary/aromatic N) is 2. The molecule has 1 amide bonds. The fraction of sp³-hybridized carbons (Fsp3) is 0.577. The van der Waals surface area contributed by atoms with Crippen molar-refractivity contribution in [3.63, 3.8) is 0 Å². The van der Waals surface area contributed by atoms with E-state index < -0.39 is 36.2 Å². The normalized spacial score (nSPS) is 25.2. The van der Waals surface area contributed by atoms with Crippen molar-refractivity contribution in [2.75, 3.05) is 19.9 Å². The molecule has 1 aromatic rings. The van der Waals surface area contributed by atoms with Crippen LogP contribution in [0.1, 0.15) is 40.2 Å². The molecule has 4 rings (SSSR count). The number of hydrogen-bond donors (Lipinski definition) is 1. The first-order chi connectivity index (χ1) is 16.9. The molecule has 0 aromatic heterocycles. The maximum Gasteiger partial charge on any atom is 0.358 e. The first kappa shape index (κ1) is 26.6. The van der Waals surface area contributed by atoms with Gasteiger partial charge < -0.3 is 19.5 Å². The van der Waals surface area contributed by atoms with Gasteiger partial charge in [-0.15, -0.1) is 11.8 Å². The van der Waals surface area contributed by atoms with Crippen molar-refractivity contribution in [3.05, 3.63) is 46.2 Å². The third-order valence-corrected chi connectivity index (χ3v) is 8.28. The van der Waals surface area contributed by atoms with E-state index in [1.54, 1.807) is 51.6 Å². The first-order valence-electron chi connectivity index (χ1n) is 12.1. The van der Waals surface area contributed by atoms with Crippen LogP contribution in [0.5, 0.6) is 0 Å². The zero-order chi connectivity index (χ0) is 26.4. The van der Waals surface area contributed by atoms with Gasteiger partial charge in [-0.2, -0.15) is 0 Å². The Bertz CT molecular complexity index is 1060. The van der Waals surface area contributed by atoms with Gasteiger partial charge >= 0.3 is 11.9 Å². The van der Waals surface area contributed by atoms with Crippen molar-refractivity contribution < 1.29 is 33.4 Å². The number of benzene rings is 1. The van der Waals surface area contributed by atoms with E-state index in [-0.39, 0.29) is 34.6 Å². The van der Waals surface area contributed by atoms with Crippen LogP contribution in [0.3, 0.4) is 0 Å². The zero-order valence-electron chi connectivity index (χ0n) is 21.2. The van der Waals surface area contributed by atoms with Gasteiger partial charge in [-0.3, -0.25) is 14.5 Å². The maximum atomic E-state index is 13.2. The number of likely N-dealkylation sites (tertiary alicyclic amines) is 1. The average molecular weight is 521 g/mol. The minimum atomic E-state index is -0.828. The summed E-state index contributed by atoms with van der Waals surface area (Å²) >= 11 is 1.56. The highest BCUT2D eigenvalue weighted by Crippen LogP contribution is 2.52. The van der Waals surface area contributed by atoms with Gasteiger partial charge in [-0.05, 0) is 45.4 Å². The van der Waals surface area contributed by atoms with Crippen molar-refractivity contribution in [2.45, 2.75) is 58.6 Å². The van der Waals surface area contributed by atoms with Crippen LogP contribution in [-0.4, -0.2) is 70.0 Å². The molecule has 2 saturated heterocycles. The van der Waals surface area contributed by atoms with Crippen LogP contribution in [0.4, 0.5) is 4.39 Å². The van der Waals surface area contributed by atoms with Crippen LogP contribution in [-0.2, 0) is 30.4 Å². The fourth-order valence-electron chi connectivity index (χ4n) is 4.84. The second kappa shape index (κ2) is 10.1. The van der Waals surface area contributed by atoms with E-state index in [2.05, 4.69) is 4.90 Å². The minimum Gasteiger partial charge on any atom is -0.427 e. The third kappa shape index (κ3) is 5.17. The predicted molar refractivity (Wildman–Crippen MR) is 132 cm³/mol. The molecule has 196 valence electrons. The molecule has 3 aliphatic heterocycles. The summed E-state index contributed by atoms with van der Waals surface area (Å²) in [5.74, 6) is -2.49. The van der Waals surface area contributed by atoms with Gasteiger partial charge in [0.2, 0.25) is 12.7 Å². The number of rotatable bonds is 8. The van der Waals surface area contributed by atoms with E-state index in [9.17, 15) is 23.9 Å². The van der Waals surface area contributed by atoms with E-state index in [1.165, 1.54) is 17.0 Å². The Morgan fingerprint density at radius 3 is 2.42 bits per heavy atom. The first-order valence-corrected chi connectivity index (χ1v) is 13.0. The summed E-state index contributed by atoms with van der Waals surface area (Å²) < 4.78 is 23.5. The third-order valence-electron chi connectivity index (χ3n) is 6.83. The molecule has 0 aliphatic carbocycles. The van der Waals surface area contributed by atoms with Crippen LogP contribution in [0.2, 0.25) is 0 Å². The number of carbonyl (C=O) groups excluding carboxylic acids is 3. The SMILES string of the molecule is C[C@@H](O)[C@H]1C(=O)N2C(C(=O)OCOC(=O)C(C)(C)C)=C(SC3CN(Cc4ccc(F)cc4)C3)[C@H](C)[C@H]12. The topological polar surface area (TPSA) is 96.4 Å². The number of amides is 1. The van der Waals surface area contributed by atoms with Crippen molar-refractivity contribution in [3.8, 4) is 0 Å². The molecule has 0 unspecified atom stereocenters. The highest BCUT2D eigenvalue weighted by Gasteiger charge is 2.60. The number of carbonyl (C=O) groups is 3. The minimum absolute atomic E-state index is 0.141. The van der Waals surface area contributed by atoms with E-state index in [0.717, 1.165) is 23.6 Å². The molecule has 1 N–H and O–H groups in total. The van der Waals surface area contributed by atoms with Crippen LogP contribution in [0.25, 0.3) is 0 Å². The molecule has 3 aliphatic rings. The van der Waals surface area contributed by atoms with Gasteiger partial charge in [0.05, 0.1) is 23.5 Å². The Hall–Kier alpha value is -2.43. The lowest BCUT2D eigenvalue weighted by molar-refractivity contribution is -0.175. The number of halogens is 1. The molecule has 3 heterocycles. The number of β-lactam (4-membered cyclic amide) rings is 1. The number of esters is 2.